The third kappa shape index (κ3) is 5.16. The second-order valence-corrected chi connectivity index (χ2v) is 8.84. The summed E-state index contributed by atoms with van der Waals surface area (Å²) in [4.78, 5) is 4.59. The highest BCUT2D eigenvalue weighted by Crippen LogP contribution is 2.22. The molecule has 0 aliphatic carbocycles. The van der Waals surface area contributed by atoms with E-state index in [0.717, 1.165) is 67.0 Å². The fourth-order valence-corrected chi connectivity index (χ4v) is 4.41. The summed E-state index contributed by atoms with van der Waals surface area (Å²) < 4.78 is 15.2. The Morgan fingerprint density at radius 3 is 2.34 bits per heavy atom. The molecule has 1 N–H and O–H groups in total. The number of nitrogens with zero attached hydrogens (tertiary/aromatic N) is 4. The first-order chi connectivity index (χ1) is 15.4. The normalized spacial score (nSPS) is 14.6. The van der Waals surface area contributed by atoms with Crippen molar-refractivity contribution in [3.8, 4) is 0 Å². The minimum atomic E-state index is -0.192. The summed E-state index contributed by atoms with van der Waals surface area (Å²) in [5.74, 6) is -0.192. The van der Waals surface area contributed by atoms with Crippen LogP contribution in [0.5, 0.6) is 0 Å². The van der Waals surface area contributed by atoms with E-state index in [1.165, 1.54) is 23.3 Å². The van der Waals surface area contributed by atoms with Crippen molar-refractivity contribution in [2.24, 2.45) is 0 Å². The van der Waals surface area contributed by atoms with Crippen LogP contribution in [0.25, 0.3) is 0 Å². The molecule has 0 unspecified atom stereocenters. The largest absolute Gasteiger partial charge is 0.346 e. The zero-order valence-corrected chi connectivity index (χ0v) is 19.8. The molecule has 2 heterocycles. The summed E-state index contributed by atoms with van der Waals surface area (Å²) in [5.41, 5.74) is 6.70. The van der Waals surface area contributed by atoms with Gasteiger partial charge in [-0.05, 0) is 61.8 Å². The second kappa shape index (κ2) is 9.79. The molecule has 5 nitrogen and oxygen atoms in total. The number of rotatable bonds is 5. The van der Waals surface area contributed by atoms with Crippen molar-refractivity contribution >= 4 is 23.0 Å². The molecular formula is C25H30FN5S. The van der Waals surface area contributed by atoms with Crippen molar-refractivity contribution in [3.63, 3.8) is 0 Å². The lowest BCUT2D eigenvalue weighted by molar-refractivity contribution is 0.177. The maximum Gasteiger partial charge on any atom is 0.173 e. The molecule has 0 bridgehead atoms. The van der Waals surface area contributed by atoms with Gasteiger partial charge >= 0.3 is 0 Å². The molecule has 1 aromatic heterocycles. The van der Waals surface area contributed by atoms with Crippen LogP contribution in [0.1, 0.15) is 28.1 Å². The number of nitrogens with one attached hydrogen (secondary N) is 1. The van der Waals surface area contributed by atoms with Crippen LogP contribution in [0.15, 0.2) is 48.5 Å². The van der Waals surface area contributed by atoms with Crippen molar-refractivity contribution in [2.45, 2.75) is 33.9 Å². The van der Waals surface area contributed by atoms with E-state index in [1.54, 1.807) is 0 Å². The Bertz CT molecular complexity index is 1080. The van der Waals surface area contributed by atoms with E-state index >= 15 is 0 Å². The molecule has 1 saturated heterocycles. The predicted octanol–water partition coefficient (Wildman–Crippen LogP) is 4.51. The highest BCUT2D eigenvalue weighted by Gasteiger charge is 2.21. The fourth-order valence-electron chi connectivity index (χ4n) is 4.12. The lowest BCUT2D eigenvalue weighted by atomic mass is 10.1. The van der Waals surface area contributed by atoms with Crippen LogP contribution in [-0.4, -0.2) is 50.9 Å². The van der Waals surface area contributed by atoms with Gasteiger partial charge in [0, 0.05) is 32.7 Å². The van der Waals surface area contributed by atoms with E-state index < -0.39 is 0 Å². The Labute approximate surface area is 194 Å². The third-order valence-electron chi connectivity index (χ3n) is 6.17. The summed E-state index contributed by atoms with van der Waals surface area (Å²) in [6.45, 7) is 11.4. The van der Waals surface area contributed by atoms with Crippen molar-refractivity contribution in [3.05, 3.63) is 82.4 Å². The summed E-state index contributed by atoms with van der Waals surface area (Å²) in [7, 11) is 0. The van der Waals surface area contributed by atoms with E-state index in [-0.39, 0.29) is 5.82 Å². The monoisotopic (exact) mass is 451 g/mol. The first-order valence-corrected chi connectivity index (χ1v) is 11.4. The Morgan fingerprint density at radius 2 is 1.66 bits per heavy atom. The number of benzene rings is 2. The molecule has 0 amide bonds. The van der Waals surface area contributed by atoms with Gasteiger partial charge in [-0.15, -0.1) is 0 Å². The molecule has 0 saturated carbocycles. The lowest BCUT2D eigenvalue weighted by Gasteiger charge is -2.36. The molecule has 0 radical (unpaired) electrons. The molecule has 4 rings (SSSR count). The molecule has 0 atom stereocenters. The van der Waals surface area contributed by atoms with Crippen molar-refractivity contribution in [2.75, 3.05) is 31.5 Å². The SMILES string of the molecule is Cc1ccccc1Cn1nc(C)c(NC(=S)N2CCN(Cc3ccc(F)cc3)CC2)c1C. The number of piperazine rings is 1. The van der Waals surface area contributed by atoms with E-state index in [2.05, 4.69) is 53.2 Å². The fraction of sp³-hybridized carbons (Fsp3) is 0.360. The Kier molecular flexibility index (Phi) is 6.86. The van der Waals surface area contributed by atoms with Gasteiger partial charge in [0.2, 0.25) is 0 Å². The highest BCUT2D eigenvalue weighted by atomic mass is 32.1. The van der Waals surface area contributed by atoms with Gasteiger partial charge in [0.15, 0.2) is 5.11 Å². The number of aromatic nitrogens is 2. The first kappa shape index (κ1) is 22.4. The van der Waals surface area contributed by atoms with Gasteiger partial charge in [-0.1, -0.05) is 36.4 Å². The molecular weight excluding hydrogens is 421 g/mol. The van der Waals surface area contributed by atoms with Crippen LogP contribution >= 0.6 is 12.2 Å². The summed E-state index contributed by atoms with van der Waals surface area (Å²) in [6.07, 6.45) is 0. The summed E-state index contributed by atoms with van der Waals surface area (Å²) >= 11 is 5.74. The van der Waals surface area contributed by atoms with E-state index in [4.69, 9.17) is 17.3 Å². The first-order valence-electron chi connectivity index (χ1n) is 11.0. The Balaban J connectivity index is 1.35. The van der Waals surface area contributed by atoms with E-state index in [1.807, 2.05) is 23.7 Å². The van der Waals surface area contributed by atoms with Crippen molar-refractivity contribution < 1.29 is 4.39 Å². The minimum absolute atomic E-state index is 0.192. The topological polar surface area (TPSA) is 36.3 Å². The van der Waals surface area contributed by atoms with Crippen LogP contribution in [0.4, 0.5) is 10.1 Å². The smallest absolute Gasteiger partial charge is 0.173 e. The zero-order chi connectivity index (χ0) is 22.7. The van der Waals surface area contributed by atoms with Gasteiger partial charge < -0.3 is 10.2 Å². The lowest BCUT2D eigenvalue weighted by Crippen LogP contribution is -2.49. The molecule has 1 aliphatic rings. The quantitative estimate of drug-likeness (QED) is 0.578. The molecule has 7 heteroatoms. The molecule has 168 valence electrons. The third-order valence-corrected chi connectivity index (χ3v) is 6.53. The van der Waals surface area contributed by atoms with Gasteiger partial charge in [-0.25, -0.2) is 4.39 Å². The van der Waals surface area contributed by atoms with Crippen LogP contribution < -0.4 is 5.32 Å². The number of thiocarbonyl (C=S) groups is 1. The molecule has 1 fully saturated rings. The number of aryl methyl sites for hydroxylation is 2. The zero-order valence-electron chi connectivity index (χ0n) is 18.9. The number of anilines is 1. The van der Waals surface area contributed by atoms with Crippen LogP contribution in [0.3, 0.4) is 0 Å². The predicted molar refractivity (Wildman–Crippen MR) is 131 cm³/mol. The van der Waals surface area contributed by atoms with Gasteiger partial charge in [0.05, 0.1) is 23.6 Å². The van der Waals surface area contributed by atoms with E-state index in [0.29, 0.717) is 0 Å². The standard InChI is InChI=1S/C25H30FN5S/c1-18-6-4-5-7-22(18)17-31-20(3)24(19(2)28-31)27-25(32)30-14-12-29(13-15-30)16-21-8-10-23(26)11-9-21/h4-11H,12-17H2,1-3H3,(H,27,32). The maximum atomic E-state index is 13.1. The van der Waals surface area contributed by atoms with Crippen LogP contribution in [-0.2, 0) is 13.1 Å². The molecule has 0 spiro atoms. The average Bonchev–Trinajstić information content (AvgIpc) is 3.05. The Morgan fingerprint density at radius 1 is 0.969 bits per heavy atom. The summed E-state index contributed by atoms with van der Waals surface area (Å²) in [5, 5.41) is 8.95. The summed E-state index contributed by atoms with van der Waals surface area (Å²) in [6, 6.07) is 15.2. The van der Waals surface area contributed by atoms with Crippen molar-refractivity contribution in [1.29, 1.82) is 0 Å². The Hall–Kier alpha value is -2.77. The minimum Gasteiger partial charge on any atom is -0.346 e. The van der Waals surface area contributed by atoms with Gasteiger partial charge in [-0.3, -0.25) is 9.58 Å². The molecule has 32 heavy (non-hydrogen) atoms. The van der Waals surface area contributed by atoms with Crippen LogP contribution in [0.2, 0.25) is 0 Å². The molecule has 2 aromatic carbocycles. The molecule has 3 aromatic rings. The average molecular weight is 452 g/mol. The van der Waals surface area contributed by atoms with E-state index in [9.17, 15) is 4.39 Å². The molecule has 1 aliphatic heterocycles. The second-order valence-electron chi connectivity index (χ2n) is 8.45. The number of halogens is 1. The maximum absolute atomic E-state index is 13.1. The highest BCUT2D eigenvalue weighted by molar-refractivity contribution is 7.80. The van der Waals surface area contributed by atoms with Gasteiger partial charge in [-0.2, -0.15) is 5.10 Å². The number of hydrogen-bond donors (Lipinski definition) is 1. The van der Waals surface area contributed by atoms with Gasteiger partial charge in [0.1, 0.15) is 5.82 Å². The number of hydrogen-bond acceptors (Lipinski definition) is 3. The van der Waals surface area contributed by atoms with Crippen LogP contribution in [0, 0.1) is 26.6 Å². The van der Waals surface area contributed by atoms with Gasteiger partial charge in [0.25, 0.3) is 0 Å². The van der Waals surface area contributed by atoms with Crippen molar-refractivity contribution in [1.82, 2.24) is 19.6 Å².